The van der Waals surface area contributed by atoms with E-state index in [1.165, 1.54) is 4.90 Å². The van der Waals surface area contributed by atoms with Gasteiger partial charge in [0, 0.05) is 17.6 Å². The second kappa shape index (κ2) is 8.92. The van der Waals surface area contributed by atoms with Gasteiger partial charge in [-0.2, -0.15) is 0 Å². The van der Waals surface area contributed by atoms with Crippen LogP contribution in [0.1, 0.15) is 32.6 Å². The summed E-state index contributed by atoms with van der Waals surface area (Å²) in [5.41, 5.74) is 0. The molecule has 28 heavy (non-hydrogen) atoms. The van der Waals surface area contributed by atoms with E-state index in [4.69, 9.17) is 16.3 Å². The van der Waals surface area contributed by atoms with Crippen molar-refractivity contribution in [2.24, 2.45) is 5.92 Å². The summed E-state index contributed by atoms with van der Waals surface area (Å²) in [6, 6.07) is 6.36. The fourth-order valence-corrected chi connectivity index (χ4v) is 3.91. The lowest BCUT2D eigenvalue weighted by Gasteiger charge is -2.34. The van der Waals surface area contributed by atoms with Crippen LogP contribution >= 0.6 is 11.6 Å². The van der Waals surface area contributed by atoms with E-state index >= 15 is 0 Å². The molecule has 7 nitrogen and oxygen atoms in total. The zero-order valence-electron chi connectivity index (χ0n) is 16.3. The molecule has 0 spiro atoms. The minimum Gasteiger partial charge on any atom is -0.492 e. The third-order valence-electron chi connectivity index (χ3n) is 5.42. The number of carbonyl (C=O) groups excluding carboxylic acids is 3. The highest BCUT2D eigenvalue weighted by atomic mass is 35.5. The number of hydrogen-bond acceptors (Lipinski definition) is 5. The van der Waals surface area contributed by atoms with E-state index in [2.05, 4.69) is 0 Å². The molecule has 1 heterocycles. The van der Waals surface area contributed by atoms with Gasteiger partial charge in [-0.15, -0.1) is 0 Å². The summed E-state index contributed by atoms with van der Waals surface area (Å²) >= 11 is 5.84. The Morgan fingerprint density at radius 3 is 2.46 bits per heavy atom. The highest BCUT2D eigenvalue weighted by Gasteiger charge is 2.49. The van der Waals surface area contributed by atoms with Gasteiger partial charge in [-0.3, -0.25) is 19.4 Å². The molecule has 0 unspecified atom stereocenters. The van der Waals surface area contributed by atoms with Crippen LogP contribution in [0.5, 0.6) is 5.75 Å². The van der Waals surface area contributed by atoms with Crippen molar-refractivity contribution in [3.05, 3.63) is 29.3 Å². The number of ether oxygens (including phenoxy) is 1. The number of halogens is 1. The predicted molar refractivity (Wildman–Crippen MR) is 105 cm³/mol. The molecule has 8 heteroatoms. The molecular formula is C20H26ClN3O4. The van der Waals surface area contributed by atoms with Crippen molar-refractivity contribution < 1.29 is 19.1 Å². The molecule has 1 aliphatic heterocycles. The molecule has 1 aromatic carbocycles. The summed E-state index contributed by atoms with van der Waals surface area (Å²) in [5, 5.41) is 0.636. The molecule has 0 bridgehead atoms. The maximum atomic E-state index is 12.8. The normalized spacial score (nSPS) is 23.1. The molecule has 1 saturated carbocycles. The highest BCUT2D eigenvalue weighted by Crippen LogP contribution is 2.31. The van der Waals surface area contributed by atoms with Gasteiger partial charge in [0.15, 0.2) is 0 Å². The third kappa shape index (κ3) is 4.47. The molecule has 1 aliphatic carbocycles. The van der Waals surface area contributed by atoms with E-state index in [-0.39, 0.29) is 18.6 Å². The second-order valence-corrected chi connectivity index (χ2v) is 7.98. The molecule has 152 valence electrons. The monoisotopic (exact) mass is 407 g/mol. The van der Waals surface area contributed by atoms with Crippen LogP contribution in [0.2, 0.25) is 5.02 Å². The molecular weight excluding hydrogens is 382 g/mol. The molecule has 4 amide bonds. The van der Waals surface area contributed by atoms with Crippen LogP contribution in [-0.2, 0) is 9.59 Å². The van der Waals surface area contributed by atoms with Crippen LogP contribution < -0.4 is 4.74 Å². The number of carbonyl (C=O) groups is 3. The van der Waals surface area contributed by atoms with Gasteiger partial charge in [0.25, 0.3) is 0 Å². The quantitative estimate of drug-likeness (QED) is 0.513. The van der Waals surface area contributed by atoms with Gasteiger partial charge in [-0.25, -0.2) is 9.69 Å². The van der Waals surface area contributed by atoms with Gasteiger partial charge in [0.2, 0.25) is 0 Å². The average molecular weight is 408 g/mol. The maximum Gasteiger partial charge on any atom is 0.335 e. The molecule has 1 saturated heterocycles. The van der Waals surface area contributed by atoms with Gasteiger partial charge < -0.3 is 4.74 Å². The second-order valence-electron chi connectivity index (χ2n) is 7.54. The fraction of sp³-hybridized carbons (Fsp3) is 0.550. The smallest absolute Gasteiger partial charge is 0.335 e. The van der Waals surface area contributed by atoms with Crippen molar-refractivity contribution in [1.29, 1.82) is 0 Å². The molecule has 1 aromatic rings. The lowest BCUT2D eigenvalue weighted by atomic mass is 9.85. The van der Waals surface area contributed by atoms with Gasteiger partial charge in [0.1, 0.15) is 12.4 Å². The van der Waals surface area contributed by atoms with E-state index in [9.17, 15) is 14.4 Å². The Morgan fingerprint density at radius 2 is 1.79 bits per heavy atom. The van der Waals surface area contributed by atoms with Crippen LogP contribution in [0, 0.1) is 5.92 Å². The van der Waals surface area contributed by atoms with Gasteiger partial charge in [0.05, 0.1) is 6.67 Å². The highest BCUT2D eigenvalue weighted by molar-refractivity contribution is 6.44. The van der Waals surface area contributed by atoms with Gasteiger partial charge in [-0.1, -0.05) is 31.4 Å². The van der Waals surface area contributed by atoms with Crippen molar-refractivity contribution in [3.8, 4) is 5.75 Å². The fourth-order valence-electron chi connectivity index (χ4n) is 3.78. The molecule has 0 aromatic heterocycles. The molecule has 0 radical (unpaired) electrons. The molecule has 2 atom stereocenters. The Hall–Kier alpha value is -2.12. The number of urea groups is 1. The van der Waals surface area contributed by atoms with Crippen LogP contribution in [-0.4, -0.2) is 65.5 Å². The Kier molecular flexibility index (Phi) is 6.57. The van der Waals surface area contributed by atoms with E-state index in [0.717, 1.165) is 30.6 Å². The Balaban J connectivity index is 1.54. The molecule has 2 fully saturated rings. The van der Waals surface area contributed by atoms with Gasteiger partial charge in [-0.05, 0) is 50.1 Å². The van der Waals surface area contributed by atoms with Crippen molar-refractivity contribution in [3.63, 3.8) is 0 Å². The summed E-state index contributed by atoms with van der Waals surface area (Å²) < 4.78 is 5.64. The summed E-state index contributed by atoms with van der Waals surface area (Å²) in [5.74, 6) is -0.526. The Labute approximate surface area is 170 Å². The number of benzene rings is 1. The Morgan fingerprint density at radius 1 is 1.11 bits per heavy atom. The summed E-state index contributed by atoms with van der Waals surface area (Å²) in [4.78, 5) is 41.6. The van der Waals surface area contributed by atoms with Crippen LogP contribution in [0.4, 0.5) is 4.79 Å². The SMILES string of the molecule is C[C@@H]1CCCC[C@H]1N1C(=O)C(=O)N(CN(C)CCOc2ccc(Cl)cc2)C1=O. The van der Waals surface area contributed by atoms with E-state index in [1.54, 1.807) is 36.2 Å². The topological polar surface area (TPSA) is 70.2 Å². The van der Waals surface area contributed by atoms with E-state index < -0.39 is 17.8 Å². The van der Waals surface area contributed by atoms with Gasteiger partial charge >= 0.3 is 17.8 Å². The number of rotatable bonds is 7. The minimum atomic E-state index is -0.742. The summed E-state index contributed by atoms with van der Waals surface area (Å²) in [6.45, 7) is 2.97. The van der Waals surface area contributed by atoms with Crippen molar-refractivity contribution in [1.82, 2.24) is 14.7 Å². The molecule has 0 N–H and O–H groups in total. The first kappa shape index (κ1) is 20.6. The standard InChI is InChI=1S/C20H26ClN3O4/c1-14-5-3-4-6-17(14)24-19(26)18(25)23(20(24)27)13-22(2)11-12-28-16-9-7-15(21)8-10-16/h7-10,14,17H,3-6,11-13H2,1-2H3/t14-,17-/m1/s1. The number of hydrogen-bond donors (Lipinski definition) is 0. The lowest BCUT2D eigenvalue weighted by molar-refractivity contribution is -0.145. The first-order valence-corrected chi connectivity index (χ1v) is 10.0. The van der Waals surface area contributed by atoms with Crippen molar-refractivity contribution in [2.45, 2.75) is 38.6 Å². The lowest BCUT2D eigenvalue weighted by Crippen LogP contribution is -2.47. The van der Waals surface area contributed by atoms with Crippen molar-refractivity contribution in [2.75, 3.05) is 26.9 Å². The first-order valence-electron chi connectivity index (χ1n) is 9.64. The van der Waals surface area contributed by atoms with E-state index in [0.29, 0.717) is 23.9 Å². The number of amides is 4. The average Bonchev–Trinajstić information content (AvgIpc) is 2.87. The molecule has 2 aliphatic rings. The molecule has 3 rings (SSSR count). The summed E-state index contributed by atoms with van der Waals surface area (Å²) in [6.07, 6.45) is 3.81. The number of nitrogens with zero attached hydrogens (tertiary/aromatic N) is 3. The Bertz CT molecular complexity index is 739. The van der Waals surface area contributed by atoms with Crippen LogP contribution in [0.3, 0.4) is 0 Å². The van der Waals surface area contributed by atoms with Crippen molar-refractivity contribution >= 4 is 29.4 Å². The largest absolute Gasteiger partial charge is 0.492 e. The maximum absolute atomic E-state index is 12.8. The summed E-state index contributed by atoms with van der Waals surface area (Å²) in [7, 11) is 1.78. The van der Waals surface area contributed by atoms with E-state index in [1.807, 2.05) is 6.92 Å². The minimum absolute atomic E-state index is 0.0605. The third-order valence-corrected chi connectivity index (χ3v) is 5.67. The number of imide groups is 2. The zero-order valence-corrected chi connectivity index (χ0v) is 17.0. The predicted octanol–water partition coefficient (Wildman–Crippen LogP) is 2.98. The van der Waals surface area contributed by atoms with Crippen LogP contribution in [0.25, 0.3) is 0 Å². The first-order chi connectivity index (χ1) is 13.4. The number of likely N-dealkylation sites (N-methyl/N-ethyl adjacent to an activating group) is 1. The van der Waals surface area contributed by atoms with Crippen LogP contribution in [0.15, 0.2) is 24.3 Å². The zero-order chi connectivity index (χ0) is 20.3.